The number of carbonyl (C=O) groups is 1. The monoisotopic (exact) mass is 393 g/mol. The zero-order valence-electron chi connectivity index (χ0n) is 14.6. The van der Waals surface area contributed by atoms with E-state index in [9.17, 15) is 13.2 Å². The van der Waals surface area contributed by atoms with Crippen molar-refractivity contribution in [2.75, 3.05) is 13.2 Å². The molecule has 1 heterocycles. The van der Waals surface area contributed by atoms with E-state index < -0.39 is 22.0 Å². The highest BCUT2D eigenvalue weighted by molar-refractivity contribution is 7.89. The van der Waals surface area contributed by atoms with E-state index in [4.69, 9.17) is 16.3 Å². The smallest absolute Gasteiger partial charge is 0.329 e. The third kappa shape index (κ3) is 3.49. The second kappa shape index (κ2) is 7.39. The molecule has 1 aliphatic heterocycles. The minimum Gasteiger partial charge on any atom is -0.465 e. The molecular formula is C19H20ClNO4S. The van der Waals surface area contributed by atoms with Crippen LogP contribution in [-0.2, 0) is 26.0 Å². The molecule has 0 N–H and O–H groups in total. The van der Waals surface area contributed by atoms with Gasteiger partial charge in [0.05, 0.1) is 11.5 Å². The lowest BCUT2D eigenvalue weighted by atomic mass is 9.94. The zero-order chi connectivity index (χ0) is 18.9. The highest BCUT2D eigenvalue weighted by Crippen LogP contribution is 2.36. The molecular weight excluding hydrogens is 374 g/mol. The van der Waals surface area contributed by atoms with Gasteiger partial charge in [0.25, 0.3) is 0 Å². The van der Waals surface area contributed by atoms with Crippen LogP contribution in [0, 0.1) is 6.92 Å². The Morgan fingerprint density at radius 1 is 1.23 bits per heavy atom. The molecule has 2 aromatic rings. The van der Waals surface area contributed by atoms with Gasteiger partial charge < -0.3 is 4.74 Å². The van der Waals surface area contributed by atoms with Crippen molar-refractivity contribution in [2.24, 2.45) is 0 Å². The van der Waals surface area contributed by atoms with E-state index in [2.05, 4.69) is 0 Å². The molecule has 1 atom stereocenters. The predicted molar refractivity (Wildman–Crippen MR) is 99.6 cm³/mol. The maximum Gasteiger partial charge on any atom is 0.329 e. The molecule has 0 amide bonds. The number of halogens is 1. The molecule has 2 aromatic carbocycles. The topological polar surface area (TPSA) is 63.7 Å². The first-order valence-electron chi connectivity index (χ1n) is 8.38. The number of rotatable bonds is 4. The summed E-state index contributed by atoms with van der Waals surface area (Å²) in [5.74, 6) is -0.591. The van der Waals surface area contributed by atoms with Gasteiger partial charge in [0.15, 0.2) is 0 Å². The van der Waals surface area contributed by atoms with Crippen LogP contribution in [0.4, 0.5) is 0 Å². The summed E-state index contributed by atoms with van der Waals surface area (Å²) >= 11 is 6.10. The number of sulfonamides is 1. The van der Waals surface area contributed by atoms with Gasteiger partial charge in [-0.15, -0.1) is 0 Å². The first kappa shape index (κ1) is 18.9. The fourth-order valence-electron chi connectivity index (χ4n) is 3.13. The van der Waals surface area contributed by atoms with Crippen molar-refractivity contribution in [1.82, 2.24) is 4.31 Å². The maximum absolute atomic E-state index is 13.2. The largest absolute Gasteiger partial charge is 0.465 e. The van der Waals surface area contributed by atoms with Crippen LogP contribution in [-0.4, -0.2) is 31.8 Å². The molecule has 0 bridgehead atoms. The van der Waals surface area contributed by atoms with Crippen LogP contribution in [0.1, 0.15) is 29.7 Å². The van der Waals surface area contributed by atoms with Gasteiger partial charge in [0, 0.05) is 11.6 Å². The van der Waals surface area contributed by atoms with Gasteiger partial charge in [-0.25, -0.2) is 13.2 Å². The number of aryl methyl sites for hydroxylation is 1. The Morgan fingerprint density at radius 3 is 2.58 bits per heavy atom. The lowest BCUT2D eigenvalue weighted by molar-refractivity contribution is -0.148. The van der Waals surface area contributed by atoms with E-state index in [1.54, 1.807) is 43.3 Å². The number of nitrogens with zero attached hydrogens (tertiary/aromatic N) is 1. The summed E-state index contributed by atoms with van der Waals surface area (Å²) in [6.45, 7) is 3.95. The van der Waals surface area contributed by atoms with Crippen LogP contribution < -0.4 is 0 Å². The van der Waals surface area contributed by atoms with Crippen molar-refractivity contribution in [2.45, 2.75) is 31.2 Å². The van der Waals surface area contributed by atoms with Gasteiger partial charge >= 0.3 is 5.97 Å². The average molecular weight is 394 g/mol. The number of hydrogen-bond donors (Lipinski definition) is 0. The van der Waals surface area contributed by atoms with Crippen molar-refractivity contribution in [3.05, 3.63) is 64.2 Å². The van der Waals surface area contributed by atoms with Gasteiger partial charge in [-0.3, -0.25) is 0 Å². The molecule has 26 heavy (non-hydrogen) atoms. The highest BCUT2D eigenvalue weighted by atomic mass is 35.5. The Balaban J connectivity index is 2.10. The first-order chi connectivity index (χ1) is 12.3. The Labute approximate surface area is 158 Å². The number of fused-ring (bicyclic) bond motifs is 1. The van der Waals surface area contributed by atoms with E-state index in [1.165, 1.54) is 4.31 Å². The number of carbonyl (C=O) groups excluding carboxylic acids is 1. The normalized spacial score (nSPS) is 17.6. The predicted octanol–water partition coefficient (Wildman–Crippen LogP) is 3.50. The van der Waals surface area contributed by atoms with Crippen molar-refractivity contribution in [1.29, 1.82) is 0 Å². The van der Waals surface area contributed by atoms with Gasteiger partial charge in [-0.05, 0) is 55.7 Å². The van der Waals surface area contributed by atoms with Gasteiger partial charge in [-0.2, -0.15) is 4.31 Å². The Hall–Kier alpha value is -1.89. The third-order valence-electron chi connectivity index (χ3n) is 4.43. The summed E-state index contributed by atoms with van der Waals surface area (Å²) in [5.41, 5.74) is 2.45. The minimum atomic E-state index is -3.86. The summed E-state index contributed by atoms with van der Waals surface area (Å²) in [6.07, 6.45) is 0.507. The van der Waals surface area contributed by atoms with E-state index in [0.29, 0.717) is 17.0 Å². The van der Waals surface area contributed by atoms with E-state index in [-0.39, 0.29) is 18.0 Å². The Morgan fingerprint density at radius 2 is 1.92 bits per heavy atom. The summed E-state index contributed by atoms with van der Waals surface area (Å²) in [5, 5.41) is 0.452. The summed E-state index contributed by atoms with van der Waals surface area (Å²) in [4.78, 5) is 12.8. The molecule has 1 unspecified atom stereocenters. The second-order valence-corrected chi connectivity index (χ2v) is 8.50. The Bertz CT molecular complexity index is 925. The van der Waals surface area contributed by atoms with Crippen molar-refractivity contribution in [3.63, 3.8) is 0 Å². The molecule has 7 heteroatoms. The van der Waals surface area contributed by atoms with Crippen LogP contribution in [0.25, 0.3) is 0 Å². The minimum absolute atomic E-state index is 0.155. The molecule has 0 aromatic heterocycles. The summed E-state index contributed by atoms with van der Waals surface area (Å²) in [7, 11) is -3.86. The van der Waals surface area contributed by atoms with Crippen LogP contribution >= 0.6 is 11.6 Å². The van der Waals surface area contributed by atoms with Gasteiger partial charge in [0.1, 0.15) is 6.04 Å². The highest BCUT2D eigenvalue weighted by Gasteiger charge is 2.41. The first-order valence-corrected chi connectivity index (χ1v) is 10.2. The lowest BCUT2D eigenvalue weighted by Crippen LogP contribution is -2.44. The quantitative estimate of drug-likeness (QED) is 0.746. The molecule has 5 nitrogen and oxygen atoms in total. The van der Waals surface area contributed by atoms with E-state index in [0.717, 1.165) is 11.1 Å². The molecule has 0 aliphatic carbocycles. The SMILES string of the molecule is CCOC(=O)C1c2cc(Cl)ccc2CCN1S(=O)(=O)c1ccc(C)cc1. The third-order valence-corrected chi connectivity index (χ3v) is 6.54. The van der Waals surface area contributed by atoms with Crippen molar-refractivity contribution >= 4 is 27.6 Å². The Kier molecular flexibility index (Phi) is 5.37. The standard InChI is InChI=1S/C19H20ClNO4S/c1-3-25-19(22)18-17-12-15(20)7-6-14(17)10-11-21(18)26(23,24)16-8-4-13(2)5-9-16/h4-9,12,18H,3,10-11H2,1-2H3. The molecule has 0 spiro atoms. The number of esters is 1. The van der Waals surface area contributed by atoms with Crippen LogP contribution in [0.2, 0.25) is 5.02 Å². The summed E-state index contributed by atoms with van der Waals surface area (Å²) in [6, 6.07) is 10.8. The lowest BCUT2D eigenvalue weighted by Gasteiger charge is -2.34. The molecule has 138 valence electrons. The zero-order valence-corrected chi connectivity index (χ0v) is 16.2. The molecule has 0 fully saturated rings. The van der Waals surface area contributed by atoms with Crippen molar-refractivity contribution < 1.29 is 17.9 Å². The van der Waals surface area contributed by atoms with Gasteiger partial charge in [-0.1, -0.05) is 35.4 Å². The van der Waals surface area contributed by atoms with E-state index >= 15 is 0 Å². The molecule has 0 saturated carbocycles. The molecule has 3 rings (SSSR count). The number of benzene rings is 2. The van der Waals surface area contributed by atoms with Crippen LogP contribution in [0.5, 0.6) is 0 Å². The van der Waals surface area contributed by atoms with Gasteiger partial charge in [0.2, 0.25) is 10.0 Å². The van der Waals surface area contributed by atoms with Crippen LogP contribution in [0.15, 0.2) is 47.4 Å². The molecule has 0 radical (unpaired) electrons. The van der Waals surface area contributed by atoms with Crippen molar-refractivity contribution in [3.8, 4) is 0 Å². The number of hydrogen-bond acceptors (Lipinski definition) is 4. The van der Waals surface area contributed by atoms with E-state index in [1.807, 2.05) is 13.0 Å². The maximum atomic E-state index is 13.2. The average Bonchev–Trinajstić information content (AvgIpc) is 2.61. The molecule has 0 saturated heterocycles. The molecule has 1 aliphatic rings. The second-order valence-electron chi connectivity index (χ2n) is 6.18. The fraction of sp³-hybridized carbons (Fsp3) is 0.316. The summed E-state index contributed by atoms with van der Waals surface area (Å²) < 4.78 is 32.8. The fourth-order valence-corrected chi connectivity index (χ4v) is 4.87. The van der Waals surface area contributed by atoms with Crippen LogP contribution in [0.3, 0.4) is 0 Å². The number of ether oxygens (including phenoxy) is 1.